The second-order valence-corrected chi connectivity index (χ2v) is 9.43. The number of benzene rings is 1. The van der Waals surface area contributed by atoms with Gasteiger partial charge in [0.25, 0.3) is 5.91 Å². The monoisotopic (exact) mass is 372 g/mol. The van der Waals surface area contributed by atoms with E-state index in [0.29, 0.717) is 13.1 Å². The van der Waals surface area contributed by atoms with Crippen molar-refractivity contribution >= 4 is 33.2 Å². The van der Waals surface area contributed by atoms with E-state index in [4.69, 9.17) is 0 Å². The predicted octanol–water partition coefficient (Wildman–Crippen LogP) is 4.32. The van der Waals surface area contributed by atoms with Crippen molar-refractivity contribution in [2.45, 2.75) is 53.6 Å². The van der Waals surface area contributed by atoms with E-state index in [1.54, 1.807) is 11.3 Å². The minimum Gasteiger partial charge on any atom is -0.338 e. The molecule has 1 aliphatic rings. The molecule has 1 aromatic carbocycles. The van der Waals surface area contributed by atoms with E-state index in [2.05, 4.69) is 19.1 Å². The zero-order valence-electron chi connectivity index (χ0n) is 16.5. The Labute approximate surface area is 159 Å². The summed E-state index contributed by atoms with van der Waals surface area (Å²) in [5.41, 5.74) is 1.58. The van der Waals surface area contributed by atoms with Crippen LogP contribution in [0.25, 0.3) is 10.1 Å². The Morgan fingerprint density at radius 2 is 1.73 bits per heavy atom. The van der Waals surface area contributed by atoms with Gasteiger partial charge in [0.2, 0.25) is 5.91 Å². The second kappa shape index (κ2) is 6.69. The first-order chi connectivity index (χ1) is 12.1. The van der Waals surface area contributed by atoms with Crippen molar-refractivity contribution in [3.8, 4) is 0 Å². The summed E-state index contributed by atoms with van der Waals surface area (Å²) in [5.74, 6) is 0.225. The summed E-state index contributed by atoms with van der Waals surface area (Å²) in [6.07, 6.45) is 0. The summed E-state index contributed by atoms with van der Waals surface area (Å²) in [6, 6.07) is 6.22. The lowest BCUT2D eigenvalue weighted by molar-refractivity contribution is -0.143. The number of thiophene rings is 1. The minimum absolute atomic E-state index is 0.00190. The molecule has 0 aliphatic carbocycles. The molecule has 26 heavy (non-hydrogen) atoms. The van der Waals surface area contributed by atoms with Crippen LogP contribution in [0.5, 0.6) is 0 Å². The van der Waals surface area contributed by atoms with Gasteiger partial charge in [-0.1, -0.05) is 32.9 Å². The van der Waals surface area contributed by atoms with Gasteiger partial charge in [0.05, 0.1) is 5.56 Å². The highest BCUT2D eigenvalue weighted by atomic mass is 32.1. The Bertz CT molecular complexity index is 837. The quantitative estimate of drug-likeness (QED) is 0.748. The summed E-state index contributed by atoms with van der Waals surface area (Å²) >= 11 is 1.62. The van der Waals surface area contributed by atoms with E-state index in [-0.39, 0.29) is 23.9 Å². The van der Waals surface area contributed by atoms with E-state index in [9.17, 15) is 9.59 Å². The SMILES string of the molecule is Cc1ccc2c(C(=O)N3C(C)CN(C(=O)C(C)(C)C)CC3C)csc2c1. The highest BCUT2D eigenvalue weighted by molar-refractivity contribution is 7.17. The lowest BCUT2D eigenvalue weighted by Crippen LogP contribution is -2.61. The maximum atomic E-state index is 13.3. The Kier molecular flexibility index (Phi) is 4.86. The van der Waals surface area contributed by atoms with Crippen LogP contribution in [0, 0.1) is 12.3 Å². The molecule has 2 aromatic rings. The summed E-state index contributed by atoms with van der Waals surface area (Å²) < 4.78 is 1.15. The topological polar surface area (TPSA) is 40.6 Å². The van der Waals surface area contributed by atoms with Crippen LogP contribution in [-0.4, -0.2) is 46.8 Å². The van der Waals surface area contributed by atoms with Crippen molar-refractivity contribution < 1.29 is 9.59 Å². The van der Waals surface area contributed by atoms with Crippen LogP contribution in [0.3, 0.4) is 0 Å². The molecule has 0 spiro atoms. The summed E-state index contributed by atoms with van der Waals surface area (Å²) in [6.45, 7) is 13.2. The van der Waals surface area contributed by atoms with Crippen LogP contribution in [0.15, 0.2) is 23.6 Å². The van der Waals surface area contributed by atoms with E-state index in [0.717, 1.165) is 15.6 Å². The molecule has 1 saturated heterocycles. The second-order valence-electron chi connectivity index (χ2n) is 8.52. The first-order valence-electron chi connectivity index (χ1n) is 9.19. The first kappa shape index (κ1) is 18.9. The molecule has 2 atom stereocenters. The fourth-order valence-corrected chi connectivity index (χ4v) is 4.83. The van der Waals surface area contributed by atoms with Gasteiger partial charge >= 0.3 is 0 Å². The van der Waals surface area contributed by atoms with E-state index < -0.39 is 5.41 Å². The third kappa shape index (κ3) is 3.37. The van der Waals surface area contributed by atoms with Gasteiger partial charge in [-0.15, -0.1) is 11.3 Å². The number of carbonyl (C=O) groups is 2. The fraction of sp³-hybridized carbons (Fsp3) is 0.524. The maximum absolute atomic E-state index is 13.3. The third-order valence-corrected chi connectivity index (χ3v) is 5.99. The number of nitrogens with zero attached hydrogens (tertiary/aromatic N) is 2. The van der Waals surface area contributed by atoms with Crippen molar-refractivity contribution in [3.05, 3.63) is 34.7 Å². The smallest absolute Gasteiger partial charge is 0.255 e. The van der Waals surface area contributed by atoms with E-state index in [1.807, 2.05) is 55.9 Å². The van der Waals surface area contributed by atoms with Crippen molar-refractivity contribution in [1.82, 2.24) is 9.80 Å². The summed E-state index contributed by atoms with van der Waals surface area (Å²) in [4.78, 5) is 29.8. The van der Waals surface area contributed by atoms with Gasteiger partial charge in [-0.3, -0.25) is 9.59 Å². The lowest BCUT2D eigenvalue weighted by Gasteiger charge is -2.46. The largest absolute Gasteiger partial charge is 0.338 e. The van der Waals surface area contributed by atoms with Gasteiger partial charge in [-0.2, -0.15) is 0 Å². The van der Waals surface area contributed by atoms with Gasteiger partial charge in [-0.05, 0) is 32.4 Å². The van der Waals surface area contributed by atoms with Crippen molar-refractivity contribution in [2.75, 3.05) is 13.1 Å². The van der Waals surface area contributed by atoms with E-state index >= 15 is 0 Å². The number of fused-ring (bicyclic) bond motifs is 1. The molecule has 4 nitrogen and oxygen atoms in total. The molecular weight excluding hydrogens is 344 g/mol. The molecule has 5 heteroatoms. The van der Waals surface area contributed by atoms with Gasteiger partial charge in [0.1, 0.15) is 0 Å². The highest BCUT2D eigenvalue weighted by Gasteiger charge is 2.38. The zero-order valence-corrected chi connectivity index (χ0v) is 17.3. The van der Waals surface area contributed by atoms with Crippen molar-refractivity contribution in [1.29, 1.82) is 0 Å². The van der Waals surface area contributed by atoms with Crippen LogP contribution in [0.2, 0.25) is 0 Å². The standard InChI is InChI=1S/C21H28N2O2S/c1-13-7-8-16-17(12-26-18(16)9-13)19(24)23-14(2)10-22(11-15(23)3)20(25)21(4,5)6/h7-9,12,14-15H,10-11H2,1-6H3. The molecule has 1 aliphatic heterocycles. The average molecular weight is 373 g/mol. The van der Waals surface area contributed by atoms with Gasteiger partial charge in [0.15, 0.2) is 0 Å². The number of hydrogen-bond acceptors (Lipinski definition) is 3. The molecule has 0 N–H and O–H groups in total. The van der Waals surface area contributed by atoms with Crippen LogP contribution < -0.4 is 0 Å². The molecule has 2 amide bonds. The first-order valence-corrected chi connectivity index (χ1v) is 10.1. The zero-order chi connectivity index (χ0) is 19.2. The molecular formula is C21H28N2O2S. The fourth-order valence-electron chi connectivity index (χ4n) is 3.80. The van der Waals surface area contributed by atoms with Crippen LogP contribution in [0.4, 0.5) is 0 Å². The lowest BCUT2D eigenvalue weighted by atomic mass is 9.93. The number of amides is 2. The summed E-state index contributed by atoms with van der Waals surface area (Å²) in [7, 11) is 0. The molecule has 2 unspecified atom stereocenters. The highest BCUT2D eigenvalue weighted by Crippen LogP contribution is 2.30. The normalized spacial score (nSPS) is 21.3. The molecule has 0 saturated carbocycles. The van der Waals surface area contributed by atoms with Crippen molar-refractivity contribution in [3.63, 3.8) is 0 Å². The van der Waals surface area contributed by atoms with Crippen LogP contribution in [-0.2, 0) is 4.79 Å². The molecule has 1 aromatic heterocycles. The van der Waals surface area contributed by atoms with Gasteiger partial charge < -0.3 is 9.80 Å². The molecule has 2 heterocycles. The Hall–Kier alpha value is -1.88. The number of carbonyl (C=O) groups excluding carboxylic acids is 2. The maximum Gasteiger partial charge on any atom is 0.255 e. The van der Waals surface area contributed by atoms with Gasteiger partial charge in [-0.25, -0.2) is 0 Å². The molecule has 0 radical (unpaired) electrons. The number of aryl methyl sites for hydroxylation is 1. The number of rotatable bonds is 1. The van der Waals surface area contributed by atoms with Crippen molar-refractivity contribution in [2.24, 2.45) is 5.41 Å². The Morgan fingerprint density at radius 1 is 1.12 bits per heavy atom. The Balaban J connectivity index is 1.85. The molecule has 1 fully saturated rings. The third-order valence-electron chi connectivity index (χ3n) is 5.04. The predicted molar refractivity (Wildman–Crippen MR) is 108 cm³/mol. The minimum atomic E-state index is -0.396. The number of piperazine rings is 1. The van der Waals surface area contributed by atoms with Crippen LogP contribution in [0.1, 0.15) is 50.5 Å². The molecule has 140 valence electrons. The summed E-state index contributed by atoms with van der Waals surface area (Å²) in [5, 5.41) is 3.00. The number of hydrogen-bond donors (Lipinski definition) is 0. The van der Waals surface area contributed by atoms with E-state index in [1.165, 1.54) is 5.56 Å². The molecule has 3 rings (SSSR count). The van der Waals surface area contributed by atoms with Gasteiger partial charge in [0, 0.05) is 46.1 Å². The van der Waals surface area contributed by atoms with Crippen LogP contribution >= 0.6 is 11.3 Å². The molecule has 0 bridgehead atoms. The Morgan fingerprint density at radius 3 is 2.31 bits per heavy atom. The average Bonchev–Trinajstić information content (AvgIpc) is 2.95.